The quantitative estimate of drug-likeness (QED) is 0.864. The highest BCUT2D eigenvalue weighted by Crippen LogP contribution is 2.28. The predicted molar refractivity (Wildman–Crippen MR) is 86.0 cm³/mol. The number of hydrogen-bond acceptors (Lipinski definition) is 3. The lowest BCUT2D eigenvalue weighted by Crippen LogP contribution is -2.28. The number of nitrogens with zero attached hydrogens (tertiary/aromatic N) is 3. The summed E-state index contributed by atoms with van der Waals surface area (Å²) in [6.45, 7) is 4.71. The first-order valence-corrected chi connectivity index (χ1v) is 9.05. The molecule has 22 heavy (non-hydrogen) atoms. The van der Waals surface area contributed by atoms with Crippen LogP contribution in [0.3, 0.4) is 0 Å². The van der Waals surface area contributed by atoms with Crippen molar-refractivity contribution in [3.63, 3.8) is 0 Å². The maximum Gasteiger partial charge on any atom is 0.246 e. The van der Waals surface area contributed by atoms with Crippen LogP contribution in [0.4, 0.5) is 0 Å². The van der Waals surface area contributed by atoms with Crippen LogP contribution in [0.5, 0.6) is 0 Å². The summed E-state index contributed by atoms with van der Waals surface area (Å²) in [6.07, 6.45) is 1.84. The Morgan fingerprint density at radius 2 is 1.68 bits per heavy atom. The minimum Gasteiger partial charge on any atom is -0.236 e. The molecular weight excluding hydrogens is 322 g/mol. The van der Waals surface area contributed by atoms with Crippen LogP contribution in [-0.4, -0.2) is 35.6 Å². The summed E-state index contributed by atoms with van der Waals surface area (Å²) in [7, 11) is -3.47. The molecule has 0 spiro atoms. The van der Waals surface area contributed by atoms with Crippen LogP contribution in [-0.2, 0) is 10.0 Å². The number of sulfonamides is 1. The number of benzene rings is 1. The lowest BCUT2D eigenvalue weighted by atomic mass is 10.3. The second kappa shape index (κ2) is 5.68. The van der Waals surface area contributed by atoms with Crippen LogP contribution in [0, 0.1) is 13.8 Å². The lowest BCUT2D eigenvalue weighted by Gasteiger charge is -2.15. The third-order valence-corrected chi connectivity index (χ3v) is 6.36. The van der Waals surface area contributed by atoms with Crippen LogP contribution in [0.2, 0.25) is 5.02 Å². The van der Waals surface area contributed by atoms with E-state index in [-0.39, 0.29) is 0 Å². The molecule has 0 radical (unpaired) electrons. The maximum atomic E-state index is 12.8. The molecule has 1 fully saturated rings. The topological polar surface area (TPSA) is 55.2 Å². The van der Waals surface area contributed by atoms with Gasteiger partial charge < -0.3 is 0 Å². The average Bonchev–Trinajstić information content (AvgIpc) is 3.09. The first-order valence-electron chi connectivity index (χ1n) is 7.23. The van der Waals surface area contributed by atoms with E-state index in [1.165, 1.54) is 0 Å². The summed E-state index contributed by atoms with van der Waals surface area (Å²) in [5.41, 5.74) is 1.96. The zero-order chi connectivity index (χ0) is 15.9. The molecule has 1 aliphatic heterocycles. The van der Waals surface area contributed by atoms with Crippen molar-refractivity contribution in [2.75, 3.05) is 13.1 Å². The van der Waals surface area contributed by atoms with Crippen LogP contribution in [0.1, 0.15) is 24.2 Å². The van der Waals surface area contributed by atoms with Gasteiger partial charge in [-0.25, -0.2) is 13.1 Å². The van der Waals surface area contributed by atoms with Crippen molar-refractivity contribution in [1.82, 2.24) is 14.1 Å². The van der Waals surface area contributed by atoms with Gasteiger partial charge in [-0.05, 0) is 51.0 Å². The minimum atomic E-state index is -3.47. The Morgan fingerprint density at radius 3 is 2.27 bits per heavy atom. The molecule has 1 saturated heterocycles. The molecule has 0 bridgehead atoms. The minimum absolute atomic E-state index is 0.323. The van der Waals surface area contributed by atoms with Crippen molar-refractivity contribution in [3.05, 3.63) is 40.7 Å². The molecule has 2 heterocycles. The molecule has 1 aromatic heterocycles. The summed E-state index contributed by atoms with van der Waals surface area (Å²) in [5.74, 6) is 0. The highest BCUT2D eigenvalue weighted by Gasteiger charge is 2.32. The van der Waals surface area contributed by atoms with Crippen molar-refractivity contribution >= 4 is 21.6 Å². The Bertz CT molecular complexity index is 791. The van der Waals surface area contributed by atoms with Gasteiger partial charge in [-0.3, -0.25) is 0 Å². The average molecular weight is 340 g/mol. The van der Waals surface area contributed by atoms with Crippen molar-refractivity contribution < 1.29 is 8.42 Å². The molecule has 0 N–H and O–H groups in total. The standard InChI is InChI=1S/C15H18ClN3O2S/c1-11-15(22(20,21)18-9-3-4-10-18)12(2)19(17-11)14-7-5-13(16)6-8-14/h5-8H,3-4,9-10H2,1-2H3. The second-order valence-electron chi connectivity index (χ2n) is 5.50. The van der Waals surface area contributed by atoms with Gasteiger partial charge in [0.1, 0.15) is 4.90 Å². The fourth-order valence-corrected chi connectivity index (χ4v) is 4.89. The Kier molecular flexibility index (Phi) is 4.01. The molecule has 2 aromatic rings. The Balaban J connectivity index is 2.09. The van der Waals surface area contributed by atoms with E-state index in [9.17, 15) is 8.42 Å². The van der Waals surface area contributed by atoms with Gasteiger partial charge in [0.05, 0.1) is 17.1 Å². The van der Waals surface area contributed by atoms with Crippen LogP contribution in [0.15, 0.2) is 29.2 Å². The first-order chi connectivity index (χ1) is 10.4. The number of halogens is 1. The van der Waals surface area contributed by atoms with Crippen molar-refractivity contribution in [2.24, 2.45) is 0 Å². The fraction of sp³-hybridized carbons (Fsp3) is 0.400. The van der Waals surface area contributed by atoms with Gasteiger partial charge in [0, 0.05) is 18.1 Å². The van der Waals surface area contributed by atoms with Crippen LogP contribution in [0.25, 0.3) is 5.69 Å². The molecular formula is C15H18ClN3O2S. The van der Waals surface area contributed by atoms with Crippen molar-refractivity contribution in [3.8, 4) is 5.69 Å². The normalized spacial score (nSPS) is 16.3. The van der Waals surface area contributed by atoms with Gasteiger partial charge in [0.2, 0.25) is 10.0 Å². The highest BCUT2D eigenvalue weighted by molar-refractivity contribution is 7.89. The monoisotopic (exact) mass is 339 g/mol. The Labute approximate surface area is 135 Å². The van der Waals surface area contributed by atoms with E-state index in [1.54, 1.807) is 35.0 Å². The van der Waals surface area contributed by atoms with E-state index < -0.39 is 10.0 Å². The zero-order valence-electron chi connectivity index (χ0n) is 12.6. The molecule has 7 heteroatoms. The summed E-state index contributed by atoms with van der Waals surface area (Å²) >= 11 is 5.90. The van der Waals surface area contributed by atoms with E-state index in [0.717, 1.165) is 18.5 Å². The van der Waals surface area contributed by atoms with Crippen LogP contribution < -0.4 is 0 Å². The van der Waals surface area contributed by atoms with E-state index >= 15 is 0 Å². The summed E-state index contributed by atoms with van der Waals surface area (Å²) < 4.78 is 28.9. The van der Waals surface area contributed by atoms with E-state index in [1.807, 2.05) is 12.1 Å². The number of hydrogen-bond donors (Lipinski definition) is 0. The molecule has 0 aliphatic carbocycles. The van der Waals surface area contributed by atoms with E-state index in [4.69, 9.17) is 11.6 Å². The predicted octanol–water partition coefficient (Wildman–Crippen LogP) is 2.93. The second-order valence-corrected chi connectivity index (χ2v) is 7.81. The smallest absolute Gasteiger partial charge is 0.236 e. The maximum absolute atomic E-state index is 12.8. The van der Waals surface area contributed by atoms with Gasteiger partial charge in [-0.2, -0.15) is 9.40 Å². The molecule has 0 unspecified atom stereocenters. The summed E-state index contributed by atoms with van der Waals surface area (Å²) in [5, 5.41) is 5.05. The fourth-order valence-electron chi connectivity index (χ4n) is 2.89. The SMILES string of the molecule is Cc1nn(-c2ccc(Cl)cc2)c(C)c1S(=O)(=O)N1CCCC1. The number of rotatable bonds is 3. The molecule has 3 rings (SSSR count). The lowest BCUT2D eigenvalue weighted by molar-refractivity contribution is 0.476. The summed E-state index contributed by atoms with van der Waals surface area (Å²) in [6, 6.07) is 7.19. The number of aryl methyl sites for hydroxylation is 1. The van der Waals surface area contributed by atoms with Gasteiger partial charge >= 0.3 is 0 Å². The largest absolute Gasteiger partial charge is 0.246 e. The van der Waals surface area contributed by atoms with Gasteiger partial charge in [0.15, 0.2) is 0 Å². The Hall–Kier alpha value is -1.37. The molecule has 0 atom stereocenters. The molecule has 0 amide bonds. The molecule has 5 nitrogen and oxygen atoms in total. The van der Waals surface area contributed by atoms with Gasteiger partial charge in [0.25, 0.3) is 0 Å². The first kappa shape index (κ1) is 15.5. The zero-order valence-corrected chi connectivity index (χ0v) is 14.2. The molecule has 1 aliphatic rings. The Morgan fingerprint density at radius 1 is 1.09 bits per heavy atom. The number of aromatic nitrogens is 2. The van der Waals surface area contributed by atoms with Crippen molar-refractivity contribution in [1.29, 1.82) is 0 Å². The van der Waals surface area contributed by atoms with E-state index in [2.05, 4.69) is 5.10 Å². The van der Waals surface area contributed by atoms with Crippen molar-refractivity contribution in [2.45, 2.75) is 31.6 Å². The van der Waals surface area contributed by atoms with Crippen LogP contribution >= 0.6 is 11.6 Å². The summed E-state index contributed by atoms with van der Waals surface area (Å²) in [4.78, 5) is 0.323. The third-order valence-electron chi connectivity index (χ3n) is 3.96. The molecule has 1 aromatic carbocycles. The van der Waals surface area contributed by atoms with E-state index in [0.29, 0.717) is 34.4 Å². The van der Waals surface area contributed by atoms with Gasteiger partial charge in [-0.1, -0.05) is 11.6 Å². The third kappa shape index (κ3) is 2.55. The molecule has 118 valence electrons. The van der Waals surface area contributed by atoms with Gasteiger partial charge in [-0.15, -0.1) is 0 Å². The highest BCUT2D eigenvalue weighted by atomic mass is 35.5. The molecule has 0 saturated carbocycles.